The van der Waals surface area contributed by atoms with Crippen LogP contribution in [0, 0.1) is 6.92 Å². The summed E-state index contributed by atoms with van der Waals surface area (Å²) in [5, 5.41) is 3.52. The van der Waals surface area contributed by atoms with Crippen LogP contribution in [-0.2, 0) is 6.42 Å². The van der Waals surface area contributed by atoms with E-state index >= 15 is 0 Å². The number of hydrogen-bond donors (Lipinski definition) is 1. The lowest BCUT2D eigenvalue weighted by atomic mass is 9.95. The van der Waals surface area contributed by atoms with Gasteiger partial charge in [-0.1, -0.05) is 0 Å². The summed E-state index contributed by atoms with van der Waals surface area (Å²) < 4.78 is 0. The summed E-state index contributed by atoms with van der Waals surface area (Å²) in [6.07, 6.45) is 5.64. The molecule has 0 spiro atoms. The third-order valence-corrected chi connectivity index (χ3v) is 3.84. The highest BCUT2D eigenvalue weighted by Gasteiger charge is 2.28. The third-order valence-electron chi connectivity index (χ3n) is 3.84. The topological polar surface area (TPSA) is 28.2 Å². The van der Waals surface area contributed by atoms with Crippen LogP contribution in [0.4, 0.5) is 5.82 Å². The molecule has 0 bridgehead atoms. The van der Waals surface area contributed by atoms with E-state index in [9.17, 15) is 0 Å². The maximum absolute atomic E-state index is 4.60. The predicted octanol–water partition coefficient (Wildman–Crippen LogP) is 1.50. The molecular formula is C13H19N3. The molecule has 0 aromatic carbocycles. The van der Waals surface area contributed by atoms with Crippen molar-refractivity contribution in [2.45, 2.75) is 32.2 Å². The summed E-state index contributed by atoms with van der Waals surface area (Å²) in [5.41, 5.74) is 2.88. The number of aryl methyl sites for hydroxylation is 1. The molecule has 1 saturated heterocycles. The van der Waals surface area contributed by atoms with Crippen molar-refractivity contribution in [1.82, 2.24) is 10.3 Å². The normalized spacial score (nSPS) is 24.6. The lowest BCUT2D eigenvalue weighted by Crippen LogP contribution is -2.43. The first-order valence-corrected chi connectivity index (χ1v) is 6.28. The molecule has 2 aliphatic heterocycles. The van der Waals surface area contributed by atoms with Gasteiger partial charge >= 0.3 is 0 Å². The number of nitrogens with one attached hydrogen (secondary N) is 1. The zero-order chi connectivity index (χ0) is 11.0. The van der Waals surface area contributed by atoms with Crippen molar-refractivity contribution in [3.05, 3.63) is 23.4 Å². The van der Waals surface area contributed by atoms with Crippen LogP contribution in [0.2, 0.25) is 0 Å². The van der Waals surface area contributed by atoms with Crippen molar-refractivity contribution in [2.24, 2.45) is 0 Å². The minimum Gasteiger partial charge on any atom is -0.352 e. The predicted molar refractivity (Wildman–Crippen MR) is 65.9 cm³/mol. The Kier molecular flexibility index (Phi) is 2.56. The number of anilines is 1. The molecule has 86 valence electrons. The molecule has 2 aliphatic rings. The van der Waals surface area contributed by atoms with E-state index in [1.807, 2.05) is 6.20 Å². The molecule has 3 heterocycles. The van der Waals surface area contributed by atoms with Gasteiger partial charge in [-0.15, -0.1) is 0 Å². The fourth-order valence-corrected chi connectivity index (χ4v) is 2.91. The number of pyridine rings is 1. The average Bonchev–Trinajstić information content (AvgIpc) is 2.54. The van der Waals surface area contributed by atoms with Crippen LogP contribution >= 0.6 is 0 Å². The quantitative estimate of drug-likeness (QED) is 0.714. The number of hydrogen-bond acceptors (Lipinski definition) is 3. The smallest absolute Gasteiger partial charge is 0.132 e. The van der Waals surface area contributed by atoms with E-state index in [4.69, 9.17) is 0 Å². The molecule has 1 fully saturated rings. The molecular weight excluding hydrogens is 198 g/mol. The van der Waals surface area contributed by atoms with Gasteiger partial charge in [-0.3, -0.25) is 0 Å². The van der Waals surface area contributed by atoms with Crippen molar-refractivity contribution in [1.29, 1.82) is 0 Å². The molecule has 0 unspecified atom stereocenters. The summed E-state index contributed by atoms with van der Waals surface area (Å²) >= 11 is 0. The SMILES string of the molecule is Cc1ccnc2c1CC[C@@H]1CNCCCN21. The first-order chi connectivity index (χ1) is 7.86. The van der Waals surface area contributed by atoms with Gasteiger partial charge in [0.05, 0.1) is 0 Å². The van der Waals surface area contributed by atoms with Gasteiger partial charge in [0.15, 0.2) is 0 Å². The number of fused-ring (bicyclic) bond motifs is 3. The molecule has 1 aromatic rings. The molecule has 16 heavy (non-hydrogen) atoms. The second kappa shape index (κ2) is 4.06. The molecule has 0 saturated carbocycles. The van der Waals surface area contributed by atoms with Gasteiger partial charge < -0.3 is 10.2 Å². The van der Waals surface area contributed by atoms with Crippen molar-refractivity contribution in [2.75, 3.05) is 24.5 Å². The van der Waals surface area contributed by atoms with E-state index in [0.29, 0.717) is 6.04 Å². The third kappa shape index (κ3) is 1.59. The van der Waals surface area contributed by atoms with Gasteiger partial charge in [0.2, 0.25) is 0 Å². The summed E-state index contributed by atoms with van der Waals surface area (Å²) in [7, 11) is 0. The second-order valence-electron chi connectivity index (χ2n) is 4.87. The van der Waals surface area contributed by atoms with E-state index in [1.54, 1.807) is 0 Å². The number of nitrogens with zero attached hydrogens (tertiary/aromatic N) is 2. The zero-order valence-electron chi connectivity index (χ0n) is 9.87. The summed E-state index contributed by atoms with van der Waals surface area (Å²) in [5.74, 6) is 1.25. The number of rotatable bonds is 0. The Bertz CT molecular complexity index is 389. The molecule has 0 radical (unpaired) electrons. The van der Waals surface area contributed by atoms with Crippen LogP contribution in [0.1, 0.15) is 24.0 Å². The number of aromatic nitrogens is 1. The Hall–Kier alpha value is -1.09. The monoisotopic (exact) mass is 217 g/mol. The molecule has 3 heteroatoms. The molecule has 1 atom stereocenters. The van der Waals surface area contributed by atoms with E-state index in [1.165, 1.54) is 36.2 Å². The van der Waals surface area contributed by atoms with E-state index in [0.717, 1.165) is 19.6 Å². The van der Waals surface area contributed by atoms with Gasteiger partial charge in [0.1, 0.15) is 5.82 Å². The van der Waals surface area contributed by atoms with Crippen molar-refractivity contribution in [3.8, 4) is 0 Å². The lowest BCUT2D eigenvalue weighted by molar-refractivity contribution is 0.522. The van der Waals surface area contributed by atoms with Crippen LogP contribution in [0.15, 0.2) is 12.3 Å². The highest BCUT2D eigenvalue weighted by molar-refractivity contribution is 5.53. The van der Waals surface area contributed by atoms with Gasteiger partial charge in [-0.25, -0.2) is 4.98 Å². The Morgan fingerprint density at radius 1 is 1.50 bits per heavy atom. The zero-order valence-corrected chi connectivity index (χ0v) is 9.87. The van der Waals surface area contributed by atoms with Crippen LogP contribution in [0.5, 0.6) is 0 Å². The van der Waals surface area contributed by atoms with Gasteiger partial charge in [-0.2, -0.15) is 0 Å². The van der Waals surface area contributed by atoms with Crippen LogP contribution < -0.4 is 10.2 Å². The Morgan fingerprint density at radius 3 is 3.38 bits per heavy atom. The highest BCUT2D eigenvalue weighted by atomic mass is 15.2. The van der Waals surface area contributed by atoms with Crippen LogP contribution in [0.3, 0.4) is 0 Å². The fraction of sp³-hybridized carbons (Fsp3) is 0.615. The van der Waals surface area contributed by atoms with E-state index in [-0.39, 0.29) is 0 Å². The standard InChI is InChI=1S/C13H19N3/c1-10-5-7-15-13-12(10)4-3-11-9-14-6-2-8-16(11)13/h5,7,11,14H,2-4,6,8-9H2,1H3/t11-/m1/s1. The second-order valence-corrected chi connectivity index (χ2v) is 4.87. The molecule has 0 aliphatic carbocycles. The first-order valence-electron chi connectivity index (χ1n) is 6.28. The summed E-state index contributed by atoms with van der Waals surface area (Å²) in [6.45, 7) is 5.63. The largest absolute Gasteiger partial charge is 0.352 e. The van der Waals surface area contributed by atoms with Crippen molar-refractivity contribution >= 4 is 5.82 Å². The molecule has 3 nitrogen and oxygen atoms in total. The van der Waals surface area contributed by atoms with Gasteiger partial charge in [0.25, 0.3) is 0 Å². The molecule has 3 rings (SSSR count). The molecule has 1 N–H and O–H groups in total. The minimum absolute atomic E-state index is 0.657. The average molecular weight is 217 g/mol. The highest BCUT2D eigenvalue weighted by Crippen LogP contribution is 2.31. The van der Waals surface area contributed by atoms with E-state index < -0.39 is 0 Å². The Labute approximate surface area is 96.9 Å². The Balaban J connectivity index is 2.00. The minimum atomic E-state index is 0.657. The summed E-state index contributed by atoms with van der Waals surface area (Å²) in [6, 6.07) is 2.79. The van der Waals surface area contributed by atoms with Crippen molar-refractivity contribution in [3.63, 3.8) is 0 Å². The maximum atomic E-state index is 4.60. The molecule has 0 amide bonds. The van der Waals surface area contributed by atoms with Gasteiger partial charge in [0, 0.05) is 25.3 Å². The van der Waals surface area contributed by atoms with Crippen LogP contribution in [-0.4, -0.2) is 30.7 Å². The Morgan fingerprint density at radius 2 is 2.44 bits per heavy atom. The van der Waals surface area contributed by atoms with Crippen LogP contribution in [0.25, 0.3) is 0 Å². The first kappa shape index (κ1) is 10.1. The molecule has 1 aromatic heterocycles. The summed E-state index contributed by atoms with van der Waals surface area (Å²) in [4.78, 5) is 7.12. The van der Waals surface area contributed by atoms with E-state index in [2.05, 4.69) is 28.2 Å². The maximum Gasteiger partial charge on any atom is 0.132 e. The lowest BCUT2D eigenvalue weighted by Gasteiger charge is -2.37. The van der Waals surface area contributed by atoms with Crippen molar-refractivity contribution < 1.29 is 0 Å². The van der Waals surface area contributed by atoms with Gasteiger partial charge in [-0.05, 0) is 49.9 Å². The fourth-order valence-electron chi connectivity index (χ4n) is 2.91.